The Bertz CT molecular complexity index is 1190. The maximum Gasteiger partial charge on any atom is 0.306 e. The molecule has 0 aliphatic carbocycles. The first-order valence-corrected chi connectivity index (χ1v) is 10.5. The second kappa shape index (κ2) is 7.93. The molecular weight excluding hydrogens is 386 g/mol. The lowest BCUT2D eigenvalue weighted by Crippen LogP contribution is -2.13. The Morgan fingerprint density at radius 2 is 2.14 bits per heavy atom. The molecule has 0 aliphatic rings. The molecule has 1 N–H and O–H groups in total. The quantitative estimate of drug-likeness (QED) is 0.486. The fourth-order valence-corrected chi connectivity index (χ4v) is 4.81. The Morgan fingerprint density at radius 3 is 2.90 bits per heavy atom. The molecule has 0 radical (unpaired) electrons. The highest BCUT2D eigenvalue weighted by molar-refractivity contribution is 7.17. The average molecular weight is 410 g/mol. The number of ether oxygens (including phenoxy) is 1. The second-order valence-corrected chi connectivity index (χ2v) is 8.02. The van der Waals surface area contributed by atoms with Gasteiger partial charge in [-0.1, -0.05) is 17.3 Å². The zero-order chi connectivity index (χ0) is 20.5. The zero-order valence-electron chi connectivity index (χ0n) is 16.7. The number of carbonyl (C=O) groups is 1. The van der Waals surface area contributed by atoms with Crippen molar-refractivity contribution in [1.29, 1.82) is 0 Å². The number of carbonyl (C=O) groups excluding carboxylic acids is 1. The van der Waals surface area contributed by atoms with Gasteiger partial charge in [0.15, 0.2) is 0 Å². The van der Waals surface area contributed by atoms with Gasteiger partial charge in [0.25, 0.3) is 0 Å². The Kier molecular flexibility index (Phi) is 5.34. The molecule has 0 bridgehead atoms. The lowest BCUT2D eigenvalue weighted by Gasteiger charge is -2.21. The number of hydrogen-bond acceptors (Lipinski definition) is 6. The standard InChI is InChI=1S/C22H23N3O3S/c1-4-28-20(27)11-18(15-9-14-7-8-29-22(14)16(10-15)12-26)17-5-6-19-21(13(17)2)23-24-25(19)3/h5-10,18,26H,4,11-12H2,1-3H3/t18-/m1/s1. The third-order valence-corrected chi connectivity index (χ3v) is 6.36. The van der Waals surface area contributed by atoms with Gasteiger partial charge in [0.2, 0.25) is 0 Å². The number of esters is 1. The number of nitrogens with zero attached hydrogens (tertiary/aromatic N) is 3. The second-order valence-electron chi connectivity index (χ2n) is 7.10. The summed E-state index contributed by atoms with van der Waals surface area (Å²) in [7, 11) is 1.86. The lowest BCUT2D eigenvalue weighted by molar-refractivity contribution is -0.143. The number of aliphatic hydroxyl groups is 1. The molecule has 0 saturated carbocycles. The van der Waals surface area contributed by atoms with Crippen LogP contribution in [0.15, 0.2) is 35.7 Å². The average Bonchev–Trinajstić information content (AvgIpc) is 3.33. The van der Waals surface area contributed by atoms with E-state index in [1.54, 1.807) is 16.0 Å². The van der Waals surface area contributed by atoms with E-state index in [0.717, 1.165) is 43.4 Å². The maximum atomic E-state index is 12.4. The van der Waals surface area contributed by atoms with Gasteiger partial charge in [-0.3, -0.25) is 4.79 Å². The van der Waals surface area contributed by atoms with Crippen LogP contribution in [0.25, 0.3) is 21.1 Å². The van der Waals surface area contributed by atoms with Crippen LogP contribution in [0.4, 0.5) is 0 Å². The summed E-state index contributed by atoms with van der Waals surface area (Å²) in [6.45, 7) is 4.13. The number of benzene rings is 2. The van der Waals surface area contributed by atoms with Crippen molar-refractivity contribution in [3.63, 3.8) is 0 Å². The van der Waals surface area contributed by atoms with Gasteiger partial charge in [0.1, 0.15) is 5.52 Å². The highest BCUT2D eigenvalue weighted by Gasteiger charge is 2.24. The molecule has 0 amide bonds. The molecule has 150 valence electrons. The normalized spacial score (nSPS) is 12.6. The molecule has 2 aromatic heterocycles. The fourth-order valence-electron chi connectivity index (χ4n) is 3.92. The molecule has 0 aliphatic heterocycles. The van der Waals surface area contributed by atoms with Crippen LogP contribution >= 0.6 is 11.3 Å². The molecule has 1 atom stereocenters. The van der Waals surface area contributed by atoms with Crippen molar-refractivity contribution in [3.05, 3.63) is 58.0 Å². The summed E-state index contributed by atoms with van der Waals surface area (Å²) in [5.41, 5.74) is 5.66. The number of aliphatic hydroxyl groups excluding tert-OH is 1. The number of rotatable bonds is 6. The molecule has 6 nitrogen and oxygen atoms in total. The highest BCUT2D eigenvalue weighted by atomic mass is 32.1. The van der Waals surface area contributed by atoms with E-state index in [2.05, 4.69) is 16.4 Å². The third-order valence-electron chi connectivity index (χ3n) is 5.35. The molecule has 29 heavy (non-hydrogen) atoms. The van der Waals surface area contributed by atoms with Gasteiger partial charge in [0, 0.05) is 17.7 Å². The topological polar surface area (TPSA) is 77.2 Å². The van der Waals surface area contributed by atoms with Crippen LogP contribution in [0.5, 0.6) is 0 Å². The van der Waals surface area contributed by atoms with Crippen LogP contribution in [0.2, 0.25) is 0 Å². The van der Waals surface area contributed by atoms with Crippen molar-refractivity contribution in [3.8, 4) is 0 Å². The summed E-state index contributed by atoms with van der Waals surface area (Å²) in [5, 5.41) is 21.4. The monoisotopic (exact) mass is 409 g/mol. The number of fused-ring (bicyclic) bond motifs is 2. The lowest BCUT2D eigenvalue weighted by atomic mass is 9.84. The Hall–Kier alpha value is -2.77. The zero-order valence-corrected chi connectivity index (χ0v) is 17.5. The van der Waals surface area contributed by atoms with Crippen LogP contribution in [0.3, 0.4) is 0 Å². The molecule has 0 spiro atoms. The highest BCUT2D eigenvalue weighted by Crippen LogP contribution is 2.37. The van der Waals surface area contributed by atoms with Crippen molar-refractivity contribution in [2.45, 2.75) is 32.8 Å². The molecule has 2 heterocycles. The largest absolute Gasteiger partial charge is 0.466 e. The molecular formula is C22H23N3O3S. The minimum Gasteiger partial charge on any atom is -0.466 e. The van der Waals surface area contributed by atoms with E-state index in [4.69, 9.17) is 4.74 Å². The molecule has 0 unspecified atom stereocenters. The van der Waals surface area contributed by atoms with Gasteiger partial charge in [-0.05, 0) is 65.1 Å². The van der Waals surface area contributed by atoms with E-state index in [9.17, 15) is 9.90 Å². The Labute approximate surface area is 172 Å². The SMILES string of the molecule is CCOC(=O)C[C@H](c1cc(CO)c2sccc2c1)c1ccc2c(nnn2C)c1C. The summed E-state index contributed by atoms with van der Waals surface area (Å²) >= 11 is 1.61. The van der Waals surface area contributed by atoms with E-state index in [1.807, 2.05) is 50.5 Å². The van der Waals surface area contributed by atoms with E-state index >= 15 is 0 Å². The van der Waals surface area contributed by atoms with E-state index in [0.29, 0.717) is 6.61 Å². The van der Waals surface area contributed by atoms with Gasteiger partial charge < -0.3 is 9.84 Å². The molecule has 2 aromatic carbocycles. The summed E-state index contributed by atoms with van der Waals surface area (Å²) in [4.78, 5) is 12.4. The third kappa shape index (κ3) is 3.52. The first-order chi connectivity index (χ1) is 14.0. The van der Waals surface area contributed by atoms with Crippen molar-refractivity contribution in [2.75, 3.05) is 6.61 Å². The summed E-state index contributed by atoms with van der Waals surface area (Å²) in [5.74, 6) is -0.442. The van der Waals surface area contributed by atoms with Crippen LogP contribution in [-0.4, -0.2) is 32.7 Å². The molecule has 0 fully saturated rings. The number of aromatic nitrogens is 3. The van der Waals surface area contributed by atoms with E-state index in [-0.39, 0.29) is 24.9 Å². The van der Waals surface area contributed by atoms with Crippen molar-refractivity contribution in [1.82, 2.24) is 15.0 Å². The van der Waals surface area contributed by atoms with Gasteiger partial charge in [0.05, 0.1) is 25.2 Å². The van der Waals surface area contributed by atoms with Crippen molar-refractivity contribution >= 4 is 38.4 Å². The van der Waals surface area contributed by atoms with Crippen LogP contribution in [-0.2, 0) is 23.2 Å². The van der Waals surface area contributed by atoms with Crippen LogP contribution in [0.1, 0.15) is 41.5 Å². The van der Waals surface area contributed by atoms with E-state index < -0.39 is 0 Å². The van der Waals surface area contributed by atoms with E-state index in [1.165, 1.54) is 0 Å². The van der Waals surface area contributed by atoms with Gasteiger partial charge in [-0.25, -0.2) is 4.68 Å². The number of aryl methyl sites for hydroxylation is 2. The summed E-state index contributed by atoms with van der Waals surface area (Å²) < 4.78 is 8.08. The first-order valence-electron chi connectivity index (χ1n) is 9.58. The smallest absolute Gasteiger partial charge is 0.306 e. The van der Waals surface area contributed by atoms with Crippen molar-refractivity contribution < 1.29 is 14.6 Å². The molecule has 4 aromatic rings. The predicted molar refractivity (Wildman–Crippen MR) is 114 cm³/mol. The van der Waals surface area contributed by atoms with Crippen LogP contribution < -0.4 is 0 Å². The predicted octanol–water partition coefficient (Wildman–Crippen LogP) is 4.07. The van der Waals surface area contributed by atoms with Crippen molar-refractivity contribution in [2.24, 2.45) is 7.05 Å². The van der Waals surface area contributed by atoms with Gasteiger partial charge >= 0.3 is 5.97 Å². The molecule has 7 heteroatoms. The summed E-state index contributed by atoms with van der Waals surface area (Å²) in [6.07, 6.45) is 0.223. The Morgan fingerprint density at radius 1 is 1.31 bits per heavy atom. The van der Waals surface area contributed by atoms with Crippen LogP contribution in [0, 0.1) is 6.92 Å². The fraction of sp³-hybridized carbons (Fsp3) is 0.318. The number of hydrogen-bond donors (Lipinski definition) is 1. The Balaban J connectivity index is 1.88. The summed E-state index contributed by atoms with van der Waals surface area (Å²) in [6, 6.07) is 10.2. The first kappa shape index (κ1) is 19.5. The minimum absolute atomic E-state index is 0.0425. The maximum absolute atomic E-state index is 12.4. The minimum atomic E-state index is -0.243. The molecule has 0 saturated heterocycles. The van der Waals surface area contributed by atoms with Gasteiger partial charge in [-0.2, -0.15) is 0 Å². The molecule has 4 rings (SSSR count). The van der Waals surface area contributed by atoms with Gasteiger partial charge in [-0.15, -0.1) is 16.4 Å². The number of thiophene rings is 1.